The van der Waals surface area contributed by atoms with Crippen molar-refractivity contribution in [3.8, 4) is 5.75 Å². The Balaban J connectivity index is 2.67. The van der Waals surface area contributed by atoms with Gasteiger partial charge in [0, 0.05) is 0 Å². The van der Waals surface area contributed by atoms with Crippen molar-refractivity contribution < 1.29 is 13.5 Å². The molecule has 72 valence electrons. The molecule has 0 bridgehead atoms. The highest BCUT2D eigenvalue weighted by molar-refractivity contribution is 6.32. The van der Waals surface area contributed by atoms with E-state index in [1.54, 1.807) is 18.2 Å². The Hall–Kier alpha value is -0.830. The summed E-state index contributed by atoms with van der Waals surface area (Å²) in [5.74, 6) is 0.299. The molecule has 0 unspecified atom stereocenters. The van der Waals surface area contributed by atoms with Gasteiger partial charge in [-0.15, -0.1) is 0 Å². The van der Waals surface area contributed by atoms with Crippen molar-refractivity contribution in [3.05, 3.63) is 28.8 Å². The summed E-state index contributed by atoms with van der Waals surface area (Å²) in [5, 5.41) is 0.362. The molecular weight excluding hydrogens is 198 g/mol. The van der Waals surface area contributed by atoms with Gasteiger partial charge in [0.15, 0.2) is 0 Å². The predicted molar refractivity (Wildman–Crippen MR) is 47.7 cm³/mol. The average molecular weight is 207 g/mol. The zero-order valence-electron chi connectivity index (χ0n) is 7.06. The van der Waals surface area contributed by atoms with E-state index in [-0.39, 0.29) is 0 Å². The van der Waals surface area contributed by atoms with Gasteiger partial charge in [-0.25, -0.2) is 8.78 Å². The lowest BCUT2D eigenvalue weighted by Crippen LogP contribution is -2.07. The number of hydrogen-bond donors (Lipinski definition) is 0. The summed E-state index contributed by atoms with van der Waals surface area (Å²) in [6.07, 6.45) is -2.47. The highest BCUT2D eigenvalue weighted by atomic mass is 35.5. The minimum Gasteiger partial charge on any atom is -0.486 e. The van der Waals surface area contributed by atoms with E-state index in [2.05, 4.69) is 0 Å². The van der Waals surface area contributed by atoms with Crippen molar-refractivity contribution in [2.75, 3.05) is 6.61 Å². The molecule has 0 saturated heterocycles. The van der Waals surface area contributed by atoms with Gasteiger partial charge in [0.05, 0.1) is 5.02 Å². The number of benzene rings is 1. The van der Waals surface area contributed by atoms with E-state index in [9.17, 15) is 8.78 Å². The topological polar surface area (TPSA) is 9.23 Å². The molecule has 1 nitrogen and oxygen atoms in total. The van der Waals surface area contributed by atoms with Gasteiger partial charge < -0.3 is 4.74 Å². The largest absolute Gasteiger partial charge is 0.486 e. The van der Waals surface area contributed by atoms with E-state index in [1.165, 1.54) is 0 Å². The molecule has 0 saturated carbocycles. The van der Waals surface area contributed by atoms with Crippen LogP contribution in [0.15, 0.2) is 18.2 Å². The van der Waals surface area contributed by atoms with Crippen molar-refractivity contribution in [3.63, 3.8) is 0 Å². The Labute approximate surface area is 80.3 Å². The minimum atomic E-state index is -2.47. The molecule has 1 aromatic carbocycles. The van der Waals surface area contributed by atoms with Gasteiger partial charge in [-0.1, -0.05) is 17.7 Å². The first-order valence-electron chi connectivity index (χ1n) is 3.76. The van der Waals surface area contributed by atoms with E-state index in [1.807, 2.05) is 6.92 Å². The fourth-order valence-corrected chi connectivity index (χ4v) is 1.17. The van der Waals surface area contributed by atoms with E-state index in [4.69, 9.17) is 16.3 Å². The summed E-state index contributed by atoms with van der Waals surface area (Å²) >= 11 is 5.74. The lowest BCUT2D eigenvalue weighted by atomic mass is 10.2. The summed E-state index contributed by atoms with van der Waals surface area (Å²) < 4.78 is 28.3. The Morgan fingerprint density at radius 1 is 1.46 bits per heavy atom. The van der Waals surface area contributed by atoms with Crippen molar-refractivity contribution in [2.24, 2.45) is 0 Å². The van der Waals surface area contributed by atoms with E-state index >= 15 is 0 Å². The summed E-state index contributed by atoms with van der Waals surface area (Å²) in [7, 11) is 0. The molecule has 0 amide bonds. The number of rotatable bonds is 3. The van der Waals surface area contributed by atoms with Crippen LogP contribution >= 0.6 is 11.6 Å². The molecule has 0 radical (unpaired) electrons. The van der Waals surface area contributed by atoms with Crippen LogP contribution in [0, 0.1) is 6.92 Å². The number of ether oxygens (including phenoxy) is 1. The monoisotopic (exact) mass is 206 g/mol. The molecule has 0 fully saturated rings. The lowest BCUT2D eigenvalue weighted by Gasteiger charge is -2.07. The van der Waals surface area contributed by atoms with Crippen molar-refractivity contribution in [1.29, 1.82) is 0 Å². The normalized spacial score (nSPS) is 10.5. The van der Waals surface area contributed by atoms with E-state index in [0.29, 0.717) is 10.8 Å². The van der Waals surface area contributed by atoms with Crippen LogP contribution in [0.2, 0.25) is 5.02 Å². The fourth-order valence-electron chi connectivity index (χ4n) is 0.876. The van der Waals surface area contributed by atoms with Crippen LogP contribution in [0.3, 0.4) is 0 Å². The van der Waals surface area contributed by atoms with Crippen LogP contribution in [0.1, 0.15) is 5.56 Å². The van der Waals surface area contributed by atoms with Gasteiger partial charge in [0.1, 0.15) is 12.4 Å². The minimum absolute atomic E-state index is 0.299. The Morgan fingerprint density at radius 2 is 2.15 bits per heavy atom. The first kappa shape index (κ1) is 10.3. The van der Waals surface area contributed by atoms with Crippen LogP contribution < -0.4 is 4.74 Å². The molecule has 0 N–H and O–H groups in total. The number of aryl methyl sites for hydroxylation is 1. The van der Waals surface area contributed by atoms with Crippen molar-refractivity contribution >= 4 is 11.6 Å². The van der Waals surface area contributed by atoms with Crippen molar-refractivity contribution in [2.45, 2.75) is 13.3 Å². The SMILES string of the molecule is Cc1ccc(OCC(F)F)c(Cl)c1. The highest BCUT2D eigenvalue weighted by Gasteiger charge is 2.06. The lowest BCUT2D eigenvalue weighted by molar-refractivity contribution is 0.0819. The molecule has 0 aliphatic carbocycles. The third-order valence-corrected chi connectivity index (χ3v) is 1.75. The summed E-state index contributed by atoms with van der Waals surface area (Å²) in [6.45, 7) is 1.24. The van der Waals surface area contributed by atoms with Gasteiger partial charge in [-0.05, 0) is 24.6 Å². The van der Waals surface area contributed by atoms with E-state index in [0.717, 1.165) is 5.56 Å². The van der Waals surface area contributed by atoms with Gasteiger partial charge >= 0.3 is 0 Å². The summed E-state index contributed by atoms with van der Waals surface area (Å²) in [6, 6.07) is 5.01. The second-order valence-corrected chi connectivity index (χ2v) is 3.04. The van der Waals surface area contributed by atoms with Crippen LogP contribution in [-0.4, -0.2) is 13.0 Å². The first-order valence-corrected chi connectivity index (χ1v) is 4.14. The molecule has 1 aromatic rings. The molecule has 0 spiro atoms. The maximum absolute atomic E-state index is 11.8. The standard InChI is InChI=1S/C9H9ClF2O/c1-6-2-3-8(7(10)4-6)13-5-9(11)12/h2-4,9H,5H2,1H3. The number of hydrogen-bond acceptors (Lipinski definition) is 1. The van der Waals surface area contributed by atoms with Gasteiger partial charge in [0.25, 0.3) is 6.43 Å². The average Bonchev–Trinajstić information content (AvgIpc) is 2.02. The Bertz CT molecular complexity index is 289. The molecule has 1 rings (SSSR count). The third-order valence-electron chi connectivity index (χ3n) is 1.45. The molecule has 4 heteroatoms. The molecule has 13 heavy (non-hydrogen) atoms. The third kappa shape index (κ3) is 3.19. The van der Waals surface area contributed by atoms with Gasteiger partial charge in [-0.2, -0.15) is 0 Å². The number of halogens is 3. The molecule has 0 heterocycles. The molecule has 0 aliphatic heterocycles. The number of alkyl halides is 2. The predicted octanol–water partition coefficient (Wildman–Crippen LogP) is 3.29. The van der Waals surface area contributed by atoms with E-state index < -0.39 is 13.0 Å². The second kappa shape index (κ2) is 4.42. The van der Waals surface area contributed by atoms with Crippen LogP contribution in [0.4, 0.5) is 8.78 Å². The molecule has 0 aromatic heterocycles. The molecular formula is C9H9ClF2O. The zero-order valence-corrected chi connectivity index (χ0v) is 7.81. The summed E-state index contributed by atoms with van der Waals surface area (Å²) in [5.41, 5.74) is 0.967. The van der Waals surface area contributed by atoms with Crippen LogP contribution in [0.25, 0.3) is 0 Å². The maximum atomic E-state index is 11.8. The second-order valence-electron chi connectivity index (χ2n) is 2.64. The fraction of sp³-hybridized carbons (Fsp3) is 0.333. The van der Waals surface area contributed by atoms with Crippen LogP contribution in [-0.2, 0) is 0 Å². The van der Waals surface area contributed by atoms with Crippen molar-refractivity contribution in [1.82, 2.24) is 0 Å². The maximum Gasteiger partial charge on any atom is 0.272 e. The summed E-state index contributed by atoms with van der Waals surface area (Å²) in [4.78, 5) is 0. The molecule has 0 atom stereocenters. The van der Waals surface area contributed by atoms with Gasteiger partial charge in [-0.3, -0.25) is 0 Å². The molecule has 0 aliphatic rings. The first-order chi connectivity index (χ1) is 6.09. The van der Waals surface area contributed by atoms with Crippen LogP contribution in [0.5, 0.6) is 5.75 Å². The Kier molecular flexibility index (Phi) is 3.48. The zero-order chi connectivity index (χ0) is 9.84. The Morgan fingerprint density at radius 3 is 2.69 bits per heavy atom. The van der Waals surface area contributed by atoms with Gasteiger partial charge in [0.2, 0.25) is 0 Å². The quantitative estimate of drug-likeness (QED) is 0.738. The smallest absolute Gasteiger partial charge is 0.272 e. The highest BCUT2D eigenvalue weighted by Crippen LogP contribution is 2.25.